The number of fused-ring (bicyclic) bond motifs is 1. The molecule has 35 heavy (non-hydrogen) atoms. The maximum Gasteiger partial charge on any atom is 0.282 e. The average molecular weight is 532 g/mol. The minimum atomic E-state index is -0.190. The van der Waals surface area contributed by atoms with Crippen LogP contribution in [0.5, 0.6) is 5.75 Å². The van der Waals surface area contributed by atoms with E-state index in [2.05, 4.69) is 32.5 Å². The van der Waals surface area contributed by atoms with Crippen LogP contribution < -0.4 is 10.3 Å². The Labute approximate surface area is 212 Å². The number of hydrogen-bond donors (Lipinski definition) is 0. The molecule has 0 aliphatic heterocycles. The third-order valence-electron chi connectivity index (χ3n) is 6.07. The molecule has 4 rings (SSSR count). The molecular formula is C27H26BrN5O2. The third-order valence-corrected chi connectivity index (χ3v) is 6.56. The van der Waals surface area contributed by atoms with Crippen LogP contribution in [0, 0.1) is 25.2 Å². The van der Waals surface area contributed by atoms with E-state index in [0.29, 0.717) is 22.5 Å². The second kappa shape index (κ2) is 10.3. The molecule has 8 heteroatoms. The number of rotatable bonds is 7. The number of hydrogen-bond acceptors (Lipinski definition) is 5. The van der Waals surface area contributed by atoms with E-state index in [1.165, 1.54) is 4.68 Å². The third kappa shape index (κ3) is 4.91. The maximum atomic E-state index is 13.4. The molecule has 0 aliphatic carbocycles. The highest BCUT2D eigenvalue weighted by Crippen LogP contribution is 2.23. The molecule has 0 unspecified atom stereocenters. The molecule has 4 aromatic rings. The van der Waals surface area contributed by atoms with E-state index in [4.69, 9.17) is 15.0 Å². The van der Waals surface area contributed by atoms with Gasteiger partial charge in [-0.2, -0.15) is 15.0 Å². The van der Waals surface area contributed by atoms with Crippen molar-refractivity contribution in [1.29, 1.82) is 5.26 Å². The first kappa shape index (κ1) is 24.4. The molecule has 0 N–H and O–H groups in total. The molecule has 0 bridgehead atoms. The highest BCUT2D eigenvalue weighted by atomic mass is 79.9. The minimum Gasteiger partial charge on any atom is -0.479 e. The van der Waals surface area contributed by atoms with Crippen LogP contribution in [0.2, 0.25) is 0 Å². The Bertz CT molecular complexity index is 1510. The zero-order valence-electron chi connectivity index (χ0n) is 20.1. The number of aryl methyl sites for hydroxylation is 1. The number of nitriles is 1. The van der Waals surface area contributed by atoms with E-state index in [1.807, 2.05) is 69.3 Å². The summed E-state index contributed by atoms with van der Waals surface area (Å²) in [6.45, 7) is 8.17. The predicted molar refractivity (Wildman–Crippen MR) is 142 cm³/mol. The van der Waals surface area contributed by atoms with Crippen LogP contribution in [-0.2, 0) is 0 Å². The van der Waals surface area contributed by atoms with Crippen molar-refractivity contribution in [1.82, 2.24) is 14.2 Å². The van der Waals surface area contributed by atoms with Gasteiger partial charge in [0.2, 0.25) is 0 Å². The Morgan fingerprint density at radius 3 is 2.63 bits per heavy atom. The van der Waals surface area contributed by atoms with Gasteiger partial charge in [0.05, 0.1) is 17.1 Å². The lowest BCUT2D eigenvalue weighted by atomic mass is 10.1. The lowest BCUT2D eigenvalue weighted by Gasteiger charge is -2.14. The van der Waals surface area contributed by atoms with Crippen LogP contribution in [0.25, 0.3) is 16.6 Å². The van der Waals surface area contributed by atoms with E-state index >= 15 is 0 Å². The van der Waals surface area contributed by atoms with Crippen molar-refractivity contribution in [2.45, 2.75) is 40.0 Å². The first-order chi connectivity index (χ1) is 16.8. The number of benzene rings is 2. The standard InChI is InChI=1S/C27H26BrN5O2/c1-5-17(2)26-31-25-11-6-21(28)15-24(25)27(34)33(26)30-16-20-14-18(3)32(19(20)4)22-7-9-23(10-8-22)35-13-12-29/h6-11,14-17H,5,13H2,1-4H3/t17-/m0/s1. The quantitative estimate of drug-likeness (QED) is 0.279. The van der Waals surface area contributed by atoms with Gasteiger partial charge < -0.3 is 9.30 Å². The molecule has 0 amide bonds. The van der Waals surface area contributed by atoms with Crippen molar-refractivity contribution in [3.05, 3.63) is 86.1 Å². The van der Waals surface area contributed by atoms with E-state index in [9.17, 15) is 4.79 Å². The summed E-state index contributed by atoms with van der Waals surface area (Å²) >= 11 is 3.45. The lowest BCUT2D eigenvalue weighted by molar-refractivity contribution is 0.368. The van der Waals surface area contributed by atoms with E-state index in [0.717, 1.165) is 33.5 Å². The van der Waals surface area contributed by atoms with Crippen LogP contribution in [0.1, 0.15) is 49.0 Å². The van der Waals surface area contributed by atoms with Gasteiger partial charge in [-0.3, -0.25) is 4.79 Å². The van der Waals surface area contributed by atoms with Gasteiger partial charge in [-0.25, -0.2) is 4.98 Å². The monoisotopic (exact) mass is 531 g/mol. The number of ether oxygens (including phenoxy) is 1. The van der Waals surface area contributed by atoms with Crippen LogP contribution in [-0.4, -0.2) is 27.0 Å². The van der Waals surface area contributed by atoms with Gasteiger partial charge in [0.1, 0.15) is 17.6 Å². The molecule has 7 nitrogen and oxygen atoms in total. The minimum absolute atomic E-state index is 0.0140. The van der Waals surface area contributed by atoms with Crippen molar-refractivity contribution in [3.63, 3.8) is 0 Å². The van der Waals surface area contributed by atoms with Gasteiger partial charge in [0.15, 0.2) is 6.61 Å². The number of halogens is 1. The molecule has 2 aromatic heterocycles. The summed E-state index contributed by atoms with van der Waals surface area (Å²) in [6.07, 6.45) is 2.56. The number of aromatic nitrogens is 3. The van der Waals surface area contributed by atoms with Crippen LogP contribution in [0.4, 0.5) is 0 Å². The van der Waals surface area contributed by atoms with Crippen LogP contribution >= 0.6 is 15.9 Å². The fourth-order valence-electron chi connectivity index (χ4n) is 4.02. The summed E-state index contributed by atoms with van der Waals surface area (Å²) in [6, 6.07) is 17.1. The fourth-order valence-corrected chi connectivity index (χ4v) is 4.38. The molecule has 0 fully saturated rings. The van der Waals surface area contributed by atoms with E-state index in [-0.39, 0.29) is 18.1 Å². The molecule has 0 aliphatic rings. The Balaban J connectivity index is 1.75. The van der Waals surface area contributed by atoms with Gasteiger partial charge in [0, 0.05) is 33.0 Å². The maximum absolute atomic E-state index is 13.4. The zero-order valence-corrected chi connectivity index (χ0v) is 21.7. The van der Waals surface area contributed by atoms with Crippen molar-refractivity contribution in [2.24, 2.45) is 5.10 Å². The topological polar surface area (TPSA) is 85.2 Å². The first-order valence-electron chi connectivity index (χ1n) is 11.4. The van der Waals surface area contributed by atoms with Gasteiger partial charge in [-0.1, -0.05) is 29.8 Å². The average Bonchev–Trinajstić information content (AvgIpc) is 3.14. The lowest BCUT2D eigenvalue weighted by Crippen LogP contribution is -2.23. The molecule has 0 saturated heterocycles. The molecule has 2 aromatic carbocycles. The smallest absolute Gasteiger partial charge is 0.282 e. The van der Waals surface area contributed by atoms with E-state index < -0.39 is 0 Å². The highest BCUT2D eigenvalue weighted by molar-refractivity contribution is 9.10. The largest absolute Gasteiger partial charge is 0.479 e. The summed E-state index contributed by atoms with van der Waals surface area (Å²) in [5, 5.41) is 13.8. The van der Waals surface area contributed by atoms with Crippen LogP contribution in [0.3, 0.4) is 0 Å². The van der Waals surface area contributed by atoms with Crippen molar-refractivity contribution >= 4 is 33.0 Å². The molecule has 0 saturated carbocycles. The summed E-state index contributed by atoms with van der Waals surface area (Å²) in [5.41, 5.74) is 4.38. The van der Waals surface area contributed by atoms with Gasteiger partial charge in [-0.05, 0) is 68.8 Å². The number of nitrogens with zero attached hydrogens (tertiary/aromatic N) is 5. The van der Waals surface area contributed by atoms with Crippen molar-refractivity contribution in [3.8, 4) is 17.5 Å². The van der Waals surface area contributed by atoms with Crippen molar-refractivity contribution < 1.29 is 4.74 Å². The Hall–Kier alpha value is -3.70. The zero-order chi connectivity index (χ0) is 25.1. The Morgan fingerprint density at radius 1 is 1.20 bits per heavy atom. The summed E-state index contributed by atoms with van der Waals surface area (Å²) < 4.78 is 9.72. The molecule has 178 valence electrons. The molecular weight excluding hydrogens is 506 g/mol. The Morgan fingerprint density at radius 2 is 1.94 bits per heavy atom. The van der Waals surface area contributed by atoms with Gasteiger partial charge in [-0.15, -0.1) is 0 Å². The second-order valence-corrected chi connectivity index (χ2v) is 9.32. The SMILES string of the molecule is CC[C@H](C)c1nc2ccc(Br)cc2c(=O)n1N=Cc1cc(C)n(-c2ccc(OCC#N)cc2)c1C. The summed E-state index contributed by atoms with van der Waals surface area (Å²) in [7, 11) is 0. The summed E-state index contributed by atoms with van der Waals surface area (Å²) in [5.74, 6) is 1.36. The molecule has 2 heterocycles. The Kier molecular flexibility index (Phi) is 7.17. The summed E-state index contributed by atoms with van der Waals surface area (Å²) in [4.78, 5) is 18.2. The molecule has 1 atom stereocenters. The van der Waals surface area contributed by atoms with Crippen molar-refractivity contribution in [2.75, 3.05) is 6.61 Å². The normalized spacial score (nSPS) is 12.2. The fraction of sp³-hybridized carbons (Fsp3) is 0.259. The second-order valence-electron chi connectivity index (χ2n) is 8.40. The van der Waals surface area contributed by atoms with Crippen LogP contribution in [0.15, 0.2) is 62.9 Å². The van der Waals surface area contributed by atoms with E-state index in [1.54, 1.807) is 12.3 Å². The molecule has 0 spiro atoms. The predicted octanol–water partition coefficient (Wildman–Crippen LogP) is 5.86. The van der Waals surface area contributed by atoms with Gasteiger partial charge in [0.25, 0.3) is 5.56 Å². The van der Waals surface area contributed by atoms with Gasteiger partial charge >= 0.3 is 0 Å². The highest BCUT2D eigenvalue weighted by Gasteiger charge is 2.16. The molecule has 0 radical (unpaired) electrons. The first-order valence-corrected chi connectivity index (χ1v) is 12.2.